The summed E-state index contributed by atoms with van der Waals surface area (Å²) in [6, 6.07) is 7.52. The summed E-state index contributed by atoms with van der Waals surface area (Å²) in [5, 5.41) is 8.38. The van der Waals surface area contributed by atoms with E-state index in [1.54, 1.807) is 20.0 Å². The molecule has 2 amide bonds. The maximum absolute atomic E-state index is 12.0. The Bertz CT molecular complexity index is 867. The number of benzene rings is 1. The molecule has 200 valence electrons. The molecule has 1 rings (SSSR count). The van der Waals surface area contributed by atoms with Crippen molar-refractivity contribution in [2.24, 2.45) is 5.92 Å². The number of hydrogen-bond donors (Lipinski definition) is 3. The van der Waals surface area contributed by atoms with Gasteiger partial charge in [-0.05, 0) is 37.8 Å². The first kappa shape index (κ1) is 30.8. The van der Waals surface area contributed by atoms with Crippen LogP contribution in [0.4, 0.5) is 4.79 Å². The lowest BCUT2D eigenvalue weighted by Gasteiger charge is -2.09. The average molecular weight is 504 g/mol. The van der Waals surface area contributed by atoms with Crippen molar-refractivity contribution in [2.75, 3.05) is 33.4 Å². The maximum atomic E-state index is 12.0. The Labute approximate surface area is 214 Å². The number of carbonyl (C=O) groups excluding carboxylic acids is 4. The molecule has 1 unspecified atom stereocenters. The Morgan fingerprint density at radius 3 is 2.31 bits per heavy atom. The van der Waals surface area contributed by atoms with Gasteiger partial charge in [-0.25, -0.2) is 4.79 Å². The van der Waals surface area contributed by atoms with E-state index >= 15 is 0 Å². The molecule has 0 heterocycles. The van der Waals surface area contributed by atoms with Crippen molar-refractivity contribution >= 4 is 23.6 Å². The number of alkyl carbamates (subject to hydrolysis) is 1. The van der Waals surface area contributed by atoms with Crippen molar-refractivity contribution < 1.29 is 28.7 Å². The summed E-state index contributed by atoms with van der Waals surface area (Å²) in [6.07, 6.45) is 4.40. The zero-order valence-electron chi connectivity index (χ0n) is 22.0. The molecule has 0 spiro atoms. The second kappa shape index (κ2) is 18.1. The molecule has 1 aromatic carbocycles. The van der Waals surface area contributed by atoms with Crippen LogP contribution in [0.5, 0.6) is 0 Å². The van der Waals surface area contributed by atoms with Gasteiger partial charge in [0.25, 0.3) is 0 Å². The third-order valence-electron chi connectivity index (χ3n) is 5.59. The molecule has 0 aliphatic carbocycles. The fraction of sp³-hybridized carbons (Fsp3) is 0.556. The summed E-state index contributed by atoms with van der Waals surface area (Å²) in [7, 11) is 1.77. The van der Waals surface area contributed by atoms with Crippen LogP contribution < -0.4 is 16.0 Å². The molecule has 0 aromatic heterocycles. The molecule has 0 saturated heterocycles. The summed E-state index contributed by atoms with van der Waals surface area (Å²) in [6.45, 7) is 6.64. The Morgan fingerprint density at radius 2 is 1.64 bits per heavy atom. The van der Waals surface area contributed by atoms with Gasteiger partial charge < -0.3 is 25.4 Å². The number of amides is 2. The van der Waals surface area contributed by atoms with Gasteiger partial charge >= 0.3 is 6.09 Å². The quantitative estimate of drug-likeness (QED) is 0.208. The first-order valence-corrected chi connectivity index (χ1v) is 12.4. The van der Waals surface area contributed by atoms with E-state index in [0.717, 1.165) is 36.1 Å². The molecule has 36 heavy (non-hydrogen) atoms. The highest BCUT2D eigenvalue weighted by Crippen LogP contribution is 2.08. The monoisotopic (exact) mass is 503 g/mol. The zero-order valence-corrected chi connectivity index (χ0v) is 22.0. The fourth-order valence-electron chi connectivity index (χ4n) is 3.10. The van der Waals surface area contributed by atoms with Crippen molar-refractivity contribution in [3.8, 4) is 0 Å². The standard InChI is InChI=1S/C27H41N3O6/c1-20(22(3)31)8-5-6-13-29-27(34)36-15-7-14-35-19-26(33)30-18-24-11-9-23(10-12-24)17-25(32)16-21(2)28-4/h9-12,16,20,28H,5-8,13-15,17-19H2,1-4H3,(H,29,34)(H,30,33)/b21-16-. The van der Waals surface area contributed by atoms with Gasteiger partial charge in [0, 0.05) is 50.7 Å². The van der Waals surface area contributed by atoms with Gasteiger partial charge in [-0.3, -0.25) is 14.4 Å². The van der Waals surface area contributed by atoms with E-state index in [2.05, 4.69) is 16.0 Å². The van der Waals surface area contributed by atoms with Crippen LogP contribution in [0.25, 0.3) is 0 Å². The SMILES string of the molecule is CN/C(C)=C\C(=O)Cc1ccc(CNC(=O)COCCCOC(=O)NCCCCC(C)C(C)=O)cc1. The lowest BCUT2D eigenvalue weighted by molar-refractivity contribution is -0.126. The minimum atomic E-state index is -0.479. The topological polar surface area (TPSA) is 123 Å². The van der Waals surface area contributed by atoms with E-state index < -0.39 is 6.09 Å². The molecule has 0 radical (unpaired) electrons. The minimum Gasteiger partial charge on any atom is -0.449 e. The molecular formula is C27H41N3O6. The highest BCUT2D eigenvalue weighted by molar-refractivity contribution is 5.91. The maximum Gasteiger partial charge on any atom is 0.407 e. The second-order valence-corrected chi connectivity index (χ2v) is 8.79. The number of allylic oxidation sites excluding steroid dienone is 2. The first-order valence-electron chi connectivity index (χ1n) is 12.4. The Hall–Kier alpha value is -3.20. The van der Waals surface area contributed by atoms with Crippen molar-refractivity contribution in [1.82, 2.24) is 16.0 Å². The summed E-state index contributed by atoms with van der Waals surface area (Å²) >= 11 is 0. The van der Waals surface area contributed by atoms with Crippen molar-refractivity contribution in [1.29, 1.82) is 0 Å². The van der Waals surface area contributed by atoms with E-state index in [-0.39, 0.29) is 36.6 Å². The Balaban J connectivity index is 2.08. The van der Waals surface area contributed by atoms with Gasteiger partial charge in [0.2, 0.25) is 5.91 Å². The van der Waals surface area contributed by atoms with Gasteiger partial charge in [-0.2, -0.15) is 0 Å². The van der Waals surface area contributed by atoms with E-state index in [4.69, 9.17) is 9.47 Å². The van der Waals surface area contributed by atoms with Crippen molar-refractivity contribution in [3.05, 3.63) is 47.2 Å². The number of carbonyl (C=O) groups is 4. The number of ketones is 2. The van der Waals surface area contributed by atoms with E-state index in [0.29, 0.717) is 32.5 Å². The summed E-state index contributed by atoms with van der Waals surface area (Å²) < 4.78 is 10.4. The number of rotatable bonds is 18. The third kappa shape index (κ3) is 14.9. The highest BCUT2D eigenvalue weighted by atomic mass is 16.5. The molecule has 0 bridgehead atoms. The molecule has 3 N–H and O–H groups in total. The molecule has 0 aliphatic heterocycles. The minimum absolute atomic E-state index is 0.0261. The van der Waals surface area contributed by atoms with Crippen LogP contribution in [0.1, 0.15) is 57.6 Å². The number of hydrogen-bond acceptors (Lipinski definition) is 7. The van der Waals surface area contributed by atoms with Crippen LogP contribution >= 0.6 is 0 Å². The van der Waals surface area contributed by atoms with Crippen molar-refractivity contribution in [2.45, 2.75) is 59.4 Å². The molecule has 0 aliphatic rings. The number of nitrogens with one attached hydrogen (secondary N) is 3. The van der Waals surface area contributed by atoms with Crippen LogP contribution in [-0.4, -0.2) is 57.0 Å². The molecule has 1 aromatic rings. The van der Waals surface area contributed by atoms with E-state index in [9.17, 15) is 19.2 Å². The highest BCUT2D eigenvalue weighted by Gasteiger charge is 2.07. The van der Waals surface area contributed by atoms with E-state index in [1.807, 2.05) is 38.1 Å². The summed E-state index contributed by atoms with van der Waals surface area (Å²) in [5.74, 6) is 0.0359. The molecule has 9 heteroatoms. The molecule has 1 atom stereocenters. The molecule has 0 saturated carbocycles. The lowest BCUT2D eigenvalue weighted by Crippen LogP contribution is -2.28. The third-order valence-corrected chi connectivity index (χ3v) is 5.59. The zero-order chi connectivity index (χ0) is 26.8. The van der Waals surface area contributed by atoms with Gasteiger partial charge in [-0.15, -0.1) is 0 Å². The molecule has 0 fully saturated rings. The van der Waals surface area contributed by atoms with Gasteiger partial charge in [0.05, 0.1) is 13.2 Å². The van der Waals surface area contributed by atoms with Gasteiger partial charge in [0.15, 0.2) is 5.78 Å². The number of ether oxygens (including phenoxy) is 2. The molecular weight excluding hydrogens is 462 g/mol. The second-order valence-electron chi connectivity index (χ2n) is 8.79. The smallest absolute Gasteiger partial charge is 0.407 e. The van der Waals surface area contributed by atoms with Crippen LogP contribution in [0, 0.1) is 5.92 Å². The predicted molar refractivity (Wildman–Crippen MR) is 138 cm³/mol. The number of Topliss-reactive ketones (excluding diaryl/α,β-unsaturated/α-hetero) is 1. The Morgan fingerprint density at radius 1 is 0.944 bits per heavy atom. The normalized spacial score (nSPS) is 11.9. The van der Waals surface area contributed by atoms with Crippen molar-refractivity contribution in [3.63, 3.8) is 0 Å². The summed E-state index contributed by atoms with van der Waals surface area (Å²) in [4.78, 5) is 46.7. The average Bonchev–Trinajstić information content (AvgIpc) is 2.85. The fourth-order valence-corrected chi connectivity index (χ4v) is 3.10. The largest absolute Gasteiger partial charge is 0.449 e. The van der Waals surface area contributed by atoms with Gasteiger partial charge in [0.1, 0.15) is 12.4 Å². The van der Waals surface area contributed by atoms with Crippen LogP contribution in [0.2, 0.25) is 0 Å². The summed E-state index contributed by atoms with van der Waals surface area (Å²) in [5.41, 5.74) is 2.65. The van der Waals surface area contributed by atoms with Crippen LogP contribution in [0.15, 0.2) is 36.0 Å². The predicted octanol–water partition coefficient (Wildman–Crippen LogP) is 3.07. The van der Waals surface area contributed by atoms with Crippen LogP contribution in [0.3, 0.4) is 0 Å². The first-order chi connectivity index (χ1) is 17.2. The molecule has 9 nitrogen and oxygen atoms in total. The van der Waals surface area contributed by atoms with Crippen LogP contribution in [-0.2, 0) is 36.8 Å². The Kier molecular flexibility index (Phi) is 15.5. The van der Waals surface area contributed by atoms with E-state index in [1.165, 1.54) is 0 Å². The lowest BCUT2D eigenvalue weighted by atomic mass is 10.0. The van der Waals surface area contributed by atoms with Gasteiger partial charge in [-0.1, -0.05) is 37.6 Å². The number of unbranched alkanes of at least 4 members (excludes halogenated alkanes) is 1.